The predicted molar refractivity (Wildman–Crippen MR) is 100 cm³/mol. The minimum absolute atomic E-state index is 0.0503. The lowest BCUT2D eigenvalue weighted by Crippen LogP contribution is -2.43. The molecule has 1 heterocycles. The van der Waals surface area contributed by atoms with E-state index in [-0.39, 0.29) is 5.78 Å². The zero-order chi connectivity index (χ0) is 19.4. The molecule has 27 heavy (non-hydrogen) atoms. The number of rotatable bonds is 9. The number of carbonyl (C=O) groups is 3. The Morgan fingerprint density at radius 1 is 1.11 bits per heavy atom. The van der Waals surface area contributed by atoms with E-state index in [2.05, 4.69) is 5.32 Å². The summed E-state index contributed by atoms with van der Waals surface area (Å²) in [7, 11) is 0. The molecule has 3 atom stereocenters. The molecular formula is C21H23NO5. The number of carbonyl (C=O) groups excluding carboxylic acids is 2. The Labute approximate surface area is 157 Å². The highest BCUT2D eigenvalue weighted by Crippen LogP contribution is 2.23. The Bertz CT molecular complexity index is 857. The summed E-state index contributed by atoms with van der Waals surface area (Å²) in [4.78, 5) is 35.6. The normalized spacial score (nSPS) is 19.4. The number of hydrogen-bond donors (Lipinski definition) is 2. The number of carboxylic acid groups (broad SMARTS) is 1. The first kappa shape index (κ1) is 19.0. The molecule has 1 saturated heterocycles. The van der Waals surface area contributed by atoms with Gasteiger partial charge in [0.05, 0.1) is 6.04 Å². The van der Waals surface area contributed by atoms with Gasteiger partial charge in [-0.15, -0.1) is 0 Å². The number of carboxylic acids is 1. The van der Waals surface area contributed by atoms with Gasteiger partial charge >= 0.3 is 5.97 Å². The molecule has 0 unspecified atom stereocenters. The minimum atomic E-state index is -1.16. The average molecular weight is 369 g/mol. The number of aryl methyl sites for hydroxylation is 1. The fourth-order valence-electron chi connectivity index (χ4n) is 3.30. The van der Waals surface area contributed by atoms with Crippen molar-refractivity contribution in [3.63, 3.8) is 0 Å². The van der Waals surface area contributed by atoms with E-state index in [1.165, 1.54) is 0 Å². The molecule has 1 fully saturated rings. The molecule has 1 aliphatic heterocycles. The molecule has 6 heteroatoms. The number of hydrogen-bond acceptors (Lipinski definition) is 4. The molecule has 142 valence electrons. The van der Waals surface area contributed by atoms with Crippen LogP contribution in [0.1, 0.15) is 31.7 Å². The van der Waals surface area contributed by atoms with Gasteiger partial charge in [0.25, 0.3) is 5.91 Å². The zero-order valence-corrected chi connectivity index (χ0v) is 15.2. The zero-order valence-electron chi connectivity index (χ0n) is 15.2. The van der Waals surface area contributed by atoms with Gasteiger partial charge < -0.3 is 15.2 Å². The van der Waals surface area contributed by atoms with E-state index < -0.39 is 30.1 Å². The summed E-state index contributed by atoms with van der Waals surface area (Å²) in [6.07, 6.45) is 0.0651. The van der Waals surface area contributed by atoms with E-state index in [4.69, 9.17) is 9.84 Å². The number of nitrogens with one attached hydrogen (secondary N) is 1. The Morgan fingerprint density at radius 2 is 1.85 bits per heavy atom. The molecule has 3 rings (SSSR count). The summed E-state index contributed by atoms with van der Waals surface area (Å²) in [5.74, 6) is -1.74. The molecule has 0 bridgehead atoms. The van der Waals surface area contributed by atoms with Crippen LogP contribution in [0.3, 0.4) is 0 Å². The maximum Gasteiger partial charge on any atom is 0.336 e. The number of aliphatic carboxylic acids is 1. The van der Waals surface area contributed by atoms with Gasteiger partial charge in [-0.05, 0) is 29.2 Å². The second-order valence-corrected chi connectivity index (χ2v) is 6.77. The van der Waals surface area contributed by atoms with E-state index in [1.54, 1.807) is 0 Å². The largest absolute Gasteiger partial charge is 0.479 e. The average Bonchev–Trinajstić information content (AvgIpc) is 3.47. The summed E-state index contributed by atoms with van der Waals surface area (Å²) in [5.41, 5.74) is 1.10. The van der Waals surface area contributed by atoms with Gasteiger partial charge in [-0.2, -0.15) is 0 Å². The van der Waals surface area contributed by atoms with Crippen LogP contribution < -0.4 is 5.32 Å². The molecule has 2 aromatic carbocycles. The van der Waals surface area contributed by atoms with Crippen LogP contribution in [-0.4, -0.2) is 41.0 Å². The van der Waals surface area contributed by atoms with E-state index in [9.17, 15) is 14.4 Å². The van der Waals surface area contributed by atoms with Gasteiger partial charge in [0.1, 0.15) is 0 Å². The lowest BCUT2D eigenvalue weighted by atomic mass is 9.97. The van der Waals surface area contributed by atoms with Crippen LogP contribution in [0, 0.1) is 0 Å². The van der Waals surface area contributed by atoms with E-state index in [1.807, 2.05) is 49.4 Å². The topological polar surface area (TPSA) is 96.0 Å². The smallest absolute Gasteiger partial charge is 0.336 e. The molecule has 1 amide bonds. The van der Waals surface area contributed by atoms with Crippen molar-refractivity contribution < 1.29 is 24.2 Å². The summed E-state index contributed by atoms with van der Waals surface area (Å²) >= 11 is 0. The van der Waals surface area contributed by atoms with Gasteiger partial charge in [0.15, 0.2) is 18.0 Å². The minimum Gasteiger partial charge on any atom is -0.479 e. The summed E-state index contributed by atoms with van der Waals surface area (Å²) < 4.78 is 4.85. The fraction of sp³-hybridized carbons (Fsp3) is 0.381. The lowest BCUT2D eigenvalue weighted by molar-refractivity contribution is -0.138. The third kappa shape index (κ3) is 4.52. The van der Waals surface area contributed by atoms with Crippen LogP contribution in [0.5, 0.6) is 0 Å². The van der Waals surface area contributed by atoms with Crippen molar-refractivity contribution in [1.82, 2.24) is 5.32 Å². The Kier molecular flexibility index (Phi) is 5.86. The maximum atomic E-state index is 12.7. The van der Waals surface area contributed by atoms with Crippen molar-refractivity contribution in [2.24, 2.45) is 0 Å². The molecule has 2 aromatic rings. The van der Waals surface area contributed by atoms with Crippen LogP contribution >= 0.6 is 0 Å². The van der Waals surface area contributed by atoms with E-state index in [0.29, 0.717) is 19.3 Å². The summed E-state index contributed by atoms with van der Waals surface area (Å²) in [5, 5.41) is 13.8. The number of ketones is 1. The lowest BCUT2D eigenvalue weighted by Gasteiger charge is -2.17. The Morgan fingerprint density at radius 3 is 2.56 bits per heavy atom. The number of ether oxygens (including phenoxy) is 1. The van der Waals surface area contributed by atoms with Crippen LogP contribution in [0.2, 0.25) is 0 Å². The molecule has 0 saturated carbocycles. The van der Waals surface area contributed by atoms with Crippen LogP contribution in [0.4, 0.5) is 0 Å². The molecule has 0 radical (unpaired) electrons. The molecular weight excluding hydrogens is 346 g/mol. The number of benzene rings is 2. The highest BCUT2D eigenvalue weighted by Gasteiger charge is 2.51. The Hall–Kier alpha value is -2.73. The molecule has 6 nitrogen and oxygen atoms in total. The molecule has 1 aliphatic rings. The number of amides is 1. The van der Waals surface area contributed by atoms with Crippen molar-refractivity contribution in [1.29, 1.82) is 0 Å². The molecule has 2 N–H and O–H groups in total. The summed E-state index contributed by atoms with van der Waals surface area (Å²) in [6.45, 7) is 1.94. The number of epoxide rings is 1. The highest BCUT2D eigenvalue weighted by atomic mass is 16.6. The van der Waals surface area contributed by atoms with Crippen molar-refractivity contribution >= 4 is 28.4 Å². The van der Waals surface area contributed by atoms with Crippen molar-refractivity contribution in [3.8, 4) is 0 Å². The van der Waals surface area contributed by atoms with E-state index >= 15 is 0 Å². The van der Waals surface area contributed by atoms with Crippen molar-refractivity contribution in [2.75, 3.05) is 0 Å². The second kappa shape index (κ2) is 8.31. The highest BCUT2D eigenvalue weighted by molar-refractivity contribution is 5.95. The standard InChI is InChI=1S/C21H23NO5/c1-2-6-16(22-20(24)18-19(27-18)21(25)26)17(23)12-11-14-9-5-8-13-7-3-4-10-15(13)14/h3-5,7-10,16,18-19H,2,6,11-12H2,1H3,(H,22,24)(H,25,26)/t16-,18-,19-/m0/s1. The predicted octanol–water partition coefficient (Wildman–Crippen LogP) is 2.48. The van der Waals surface area contributed by atoms with Crippen molar-refractivity contribution in [2.45, 2.75) is 50.9 Å². The quantitative estimate of drug-likeness (QED) is 0.662. The van der Waals surface area contributed by atoms with Crippen LogP contribution in [0.25, 0.3) is 10.8 Å². The molecule has 0 aromatic heterocycles. The van der Waals surface area contributed by atoms with Crippen LogP contribution in [0.15, 0.2) is 42.5 Å². The maximum absolute atomic E-state index is 12.7. The monoisotopic (exact) mass is 369 g/mol. The summed E-state index contributed by atoms with van der Waals surface area (Å²) in [6, 6.07) is 13.4. The van der Waals surface area contributed by atoms with Gasteiger partial charge in [-0.25, -0.2) is 4.79 Å². The first-order valence-electron chi connectivity index (χ1n) is 9.19. The fourth-order valence-corrected chi connectivity index (χ4v) is 3.30. The van der Waals surface area contributed by atoms with Crippen LogP contribution in [-0.2, 0) is 25.5 Å². The van der Waals surface area contributed by atoms with Gasteiger partial charge in [0, 0.05) is 6.42 Å². The van der Waals surface area contributed by atoms with Gasteiger partial charge in [0.2, 0.25) is 0 Å². The van der Waals surface area contributed by atoms with E-state index in [0.717, 1.165) is 22.8 Å². The number of Topliss-reactive ketones (excluding diaryl/α,β-unsaturated/α-hetero) is 1. The van der Waals surface area contributed by atoms with Crippen molar-refractivity contribution in [3.05, 3.63) is 48.0 Å². The Balaban J connectivity index is 1.61. The van der Waals surface area contributed by atoms with Gasteiger partial charge in [-0.3, -0.25) is 9.59 Å². The second-order valence-electron chi connectivity index (χ2n) is 6.77. The SMILES string of the molecule is CCC[C@H](NC(=O)[C@H]1O[C@@H]1C(=O)O)C(=O)CCc1cccc2ccccc12. The molecule has 0 spiro atoms. The first-order chi connectivity index (χ1) is 13.0. The first-order valence-corrected chi connectivity index (χ1v) is 9.19. The third-order valence-electron chi connectivity index (χ3n) is 4.80. The van der Waals surface area contributed by atoms with Gasteiger partial charge in [-0.1, -0.05) is 55.8 Å². The molecule has 0 aliphatic carbocycles. The third-order valence-corrected chi connectivity index (χ3v) is 4.80. The number of fused-ring (bicyclic) bond motifs is 1.